The van der Waals surface area contributed by atoms with Crippen LogP contribution in [0.4, 0.5) is 0 Å². The lowest BCUT2D eigenvalue weighted by Crippen LogP contribution is -2.41. The number of rotatable bonds is 7. The van der Waals surface area contributed by atoms with Crippen LogP contribution in [0.2, 0.25) is 0 Å². The number of hydrogen-bond acceptors (Lipinski definition) is 5. The van der Waals surface area contributed by atoms with E-state index in [0.29, 0.717) is 19.0 Å². The molecule has 0 amide bonds. The minimum absolute atomic E-state index is 0.237. The van der Waals surface area contributed by atoms with Crippen LogP contribution in [-0.4, -0.2) is 41.3 Å². The van der Waals surface area contributed by atoms with Crippen LogP contribution in [0.1, 0.15) is 11.1 Å². The smallest absolute Gasteiger partial charge is 0.240 e. The van der Waals surface area contributed by atoms with E-state index in [1.54, 1.807) is 31.3 Å². The molecule has 0 aliphatic carbocycles. The van der Waals surface area contributed by atoms with Crippen LogP contribution in [0.3, 0.4) is 0 Å². The monoisotopic (exact) mass is 404 g/mol. The van der Waals surface area contributed by atoms with Gasteiger partial charge in [0.1, 0.15) is 0 Å². The number of nitrogens with one attached hydrogen (secondary N) is 3. The van der Waals surface area contributed by atoms with E-state index in [1.165, 1.54) is 0 Å². The van der Waals surface area contributed by atoms with Gasteiger partial charge in [-0.3, -0.25) is 4.99 Å². The average Bonchev–Trinajstić information content (AvgIpc) is 3.15. The van der Waals surface area contributed by atoms with Gasteiger partial charge in [-0.25, -0.2) is 13.1 Å². The Morgan fingerprint density at radius 2 is 1.79 bits per heavy atom. The zero-order chi connectivity index (χ0) is 20.0. The molecule has 0 atom stereocenters. The molecule has 0 spiro atoms. The highest BCUT2D eigenvalue weighted by molar-refractivity contribution is 7.89. The van der Waals surface area contributed by atoms with E-state index in [-0.39, 0.29) is 18.2 Å². The fraction of sp³-hybridized carbons (Fsp3) is 0.316. The first-order chi connectivity index (χ1) is 13.5. The van der Waals surface area contributed by atoms with Gasteiger partial charge in [0.25, 0.3) is 0 Å². The van der Waals surface area contributed by atoms with Crippen molar-refractivity contribution in [3.8, 4) is 11.5 Å². The normalized spacial score (nSPS) is 13.4. The summed E-state index contributed by atoms with van der Waals surface area (Å²) >= 11 is 0. The SMILES string of the molecule is CN=C(NCCNS(=O)(=O)c1ccc(C)cc1)NCc1ccc2c(c1)OCO2. The maximum Gasteiger partial charge on any atom is 0.240 e. The van der Waals surface area contributed by atoms with E-state index in [4.69, 9.17) is 9.47 Å². The van der Waals surface area contributed by atoms with Crippen molar-refractivity contribution in [3.63, 3.8) is 0 Å². The van der Waals surface area contributed by atoms with Crippen molar-refractivity contribution >= 4 is 16.0 Å². The Labute approximate surface area is 165 Å². The molecule has 1 aliphatic heterocycles. The third-order valence-corrected chi connectivity index (χ3v) is 5.64. The minimum Gasteiger partial charge on any atom is -0.454 e. The van der Waals surface area contributed by atoms with Gasteiger partial charge < -0.3 is 20.1 Å². The van der Waals surface area contributed by atoms with E-state index in [0.717, 1.165) is 22.6 Å². The van der Waals surface area contributed by atoms with Crippen LogP contribution in [0.25, 0.3) is 0 Å². The van der Waals surface area contributed by atoms with Gasteiger partial charge in [0.15, 0.2) is 17.5 Å². The number of aliphatic imine (C=N–C) groups is 1. The van der Waals surface area contributed by atoms with Crippen molar-refractivity contribution < 1.29 is 17.9 Å². The number of nitrogens with zero attached hydrogens (tertiary/aromatic N) is 1. The number of benzene rings is 2. The Morgan fingerprint density at radius 3 is 2.54 bits per heavy atom. The van der Waals surface area contributed by atoms with Crippen LogP contribution in [-0.2, 0) is 16.6 Å². The highest BCUT2D eigenvalue weighted by atomic mass is 32.2. The first-order valence-electron chi connectivity index (χ1n) is 8.87. The standard InChI is InChI=1S/C19H24N4O4S/c1-14-3-6-16(7-4-14)28(24,25)23-10-9-21-19(20-2)22-12-15-5-8-17-18(11-15)27-13-26-17/h3-8,11,23H,9-10,12-13H2,1-2H3,(H2,20,21,22). The first kappa shape index (κ1) is 20.0. The van der Waals surface area contributed by atoms with Crippen LogP contribution in [0, 0.1) is 6.92 Å². The van der Waals surface area contributed by atoms with E-state index >= 15 is 0 Å². The first-order valence-corrected chi connectivity index (χ1v) is 10.4. The predicted molar refractivity (Wildman–Crippen MR) is 107 cm³/mol. The number of aryl methyl sites for hydroxylation is 1. The van der Waals surface area contributed by atoms with Crippen molar-refractivity contribution in [3.05, 3.63) is 53.6 Å². The molecule has 0 saturated heterocycles. The second kappa shape index (κ2) is 8.94. The highest BCUT2D eigenvalue weighted by Gasteiger charge is 2.14. The summed E-state index contributed by atoms with van der Waals surface area (Å²) < 4.78 is 37.7. The quantitative estimate of drug-likeness (QED) is 0.366. The number of ether oxygens (including phenoxy) is 2. The Morgan fingerprint density at radius 1 is 1.04 bits per heavy atom. The Balaban J connectivity index is 1.43. The van der Waals surface area contributed by atoms with Gasteiger partial charge in [0.05, 0.1) is 4.90 Å². The average molecular weight is 404 g/mol. The van der Waals surface area contributed by atoms with Crippen molar-refractivity contribution in [2.24, 2.45) is 4.99 Å². The number of hydrogen-bond donors (Lipinski definition) is 3. The summed E-state index contributed by atoms with van der Waals surface area (Å²) in [6.07, 6.45) is 0. The third-order valence-electron chi connectivity index (χ3n) is 4.16. The Bertz CT molecular complexity index is 943. The topological polar surface area (TPSA) is 101 Å². The summed E-state index contributed by atoms with van der Waals surface area (Å²) in [6.45, 7) is 3.34. The lowest BCUT2D eigenvalue weighted by Gasteiger charge is -2.13. The maximum atomic E-state index is 12.3. The molecule has 8 nitrogen and oxygen atoms in total. The summed E-state index contributed by atoms with van der Waals surface area (Å²) in [5, 5.41) is 6.26. The fourth-order valence-corrected chi connectivity index (χ4v) is 3.66. The van der Waals surface area contributed by atoms with Crippen LogP contribution in [0.15, 0.2) is 52.4 Å². The number of fused-ring (bicyclic) bond motifs is 1. The molecule has 1 heterocycles. The van der Waals surface area contributed by atoms with E-state index < -0.39 is 10.0 Å². The summed E-state index contributed by atoms with van der Waals surface area (Å²) in [5.74, 6) is 2.05. The van der Waals surface area contributed by atoms with Gasteiger partial charge in [-0.2, -0.15) is 0 Å². The number of sulfonamides is 1. The van der Waals surface area contributed by atoms with E-state index in [2.05, 4.69) is 20.3 Å². The van der Waals surface area contributed by atoms with Crippen molar-refractivity contribution in [1.82, 2.24) is 15.4 Å². The molecule has 2 aromatic rings. The van der Waals surface area contributed by atoms with Crippen molar-refractivity contribution in [2.75, 3.05) is 26.9 Å². The fourth-order valence-electron chi connectivity index (χ4n) is 2.62. The summed E-state index contributed by atoms with van der Waals surface area (Å²) in [6, 6.07) is 12.5. The maximum absolute atomic E-state index is 12.3. The van der Waals surface area contributed by atoms with E-state index in [9.17, 15) is 8.42 Å². The summed E-state index contributed by atoms with van der Waals surface area (Å²) in [7, 11) is -1.86. The molecule has 0 bridgehead atoms. The lowest BCUT2D eigenvalue weighted by atomic mass is 10.2. The molecule has 0 aromatic heterocycles. The van der Waals surface area contributed by atoms with Gasteiger partial charge in [0.2, 0.25) is 16.8 Å². The van der Waals surface area contributed by atoms with Crippen LogP contribution < -0.4 is 24.8 Å². The molecule has 0 fully saturated rings. The number of guanidine groups is 1. The molecule has 3 rings (SSSR count). The highest BCUT2D eigenvalue weighted by Crippen LogP contribution is 2.32. The molecule has 1 aliphatic rings. The molecule has 3 N–H and O–H groups in total. The van der Waals surface area contributed by atoms with Crippen LogP contribution in [0.5, 0.6) is 11.5 Å². The minimum atomic E-state index is -3.52. The summed E-state index contributed by atoms with van der Waals surface area (Å²) in [4.78, 5) is 4.39. The molecule has 0 radical (unpaired) electrons. The molecule has 2 aromatic carbocycles. The van der Waals surface area contributed by atoms with Gasteiger partial charge >= 0.3 is 0 Å². The van der Waals surface area contributed by atoms with Crippen LogP contribution >= 0.6 is 0 Å². The zero-order valence-corrected chi connectivity index (χ0v) is 16.7. The molecule has 0 unspecified atom stereocenters. The van der Waals surface area contributed by atoms with E-state index in [1.807, 2.05) is 25.1 Å². The van der Waals surface area contributed by atoms with Gasteiger partial charge in [0, 0.05) is 26.7 Å². The zero-order valence-electron chi connectivity index (χ0n) is 15.9. The van der Waals surface area contributed by atoms with Crippen molar-refractivity contribution in [1.29, 1.82) is 0 Å². The lowest BCUT2D eigenvalue weighted by molar-refractivity contribution is 0.174. The molecular weight excluding hydrogens is 380 g/mol. The predicted octanol–water partition coefficient (Wildman–Crippen LogP) is 1.37. The van der Waals surface area contributed by atoms with Gasteiger partial charge in [-0.05, 0) is 36.8 Å². The van der Waals surface area contributed by atoms with Crippen molar-refractivity contribution in [2.45, 2.75) is 18.4 Å². The molecule has 0 saturated carbocycles. The molecular formula is C19H24N4O4S. The third kappa shape index (κ3) is 5.14. The largest absolute Gasteiger partial charge is 0.454 e. The Kier molecular flexibility index (Phi) is 6.37. The molecule has 9 heteroatoms. The van der Waals surface area contributed by atoms with Gasteiger partial charge in [-0.15, -0.1) is 0 Å². The second-order valence-corrected chi connectivity index (χ2v) is 8.02. The molecule has 28 heavy (non-hydrogen) atoms. The Hall–Kier alpha value is -2.78. The summed E-state index contributed by atoms with van der Waals surface area (Å²) in [5.41, 5.74) is 2.03. The van der Waals surface area contributed by atoms with Gasteiger partial charge in [-0.1, -0.05) is 23.8 Å². The second-order valence-electron chi connectivity index (χ2n) is 6.25. The molecule has 150 valence electrons.